The number of pyridine rings is 1. The van der Waals surface area contributed by atoms with Crippen LogP contribution in [0, 0.1) is 0 Å². The number of benzene rings is 1. The Morgan fingerprint density at radius 1 is 1.26 bits per heavy atom. The molecule has 0 amide bonds. The summed E-state index contributed by atoms with van der Waals surface area (Å²) in [5.41, 5.74) is 9.75. The molecule has 0 bridgehead atoms. The summed E-state index contributed by atoms with van der Waals surface area (Å²) in [6, 6.07) is 10.8. The maximum absolute atomic E-state index is 12.5. The van der Waals surface area contributed by atoms with Gasteiger partial charge in [-0.3, -0.25) is 4.98 Å². The number of alkyl halides is 1. The van der Waals surface area contributed by atoms with Crippen LogP contribution in [0.25, 0.3) is 0 Å². The number of hydrogen-bond donors (Lipinski definition) is 1. The first-order chi connectivity index (χ1) is 9.26. The van der Waals surface area contributed by atoms with Crippen molar-refractivity contribution in [3.8, 4) is 0 Å². The lowest BCUT2D eigenvalue weighted by Crippen LogP contribution is -2.15. The average Bonchev–Trinajstić information content (AvgIpc) is 2.47. The zero-order valence-corrected chi connectivity index (χ0v) is 10.7. The third-order valence-electron chi connectivity index (χ3n) is 3.08. The van der Waals surface area contributed by atoms with Crippen molar-refractivity contribution in [1.82, 2.24) is 4.98 Å². The molecule has 2 nitrogen and oxygen atoms in total. The molecule has 1 aromatic carbocycles. The standard InChI is InChI=1S/C16H17FN2/c1-2-4-14-5-3-10-19-16(14)15(18)13-8-6-12(11-17)7-9-13/h2-3,5-10,15H,1,4,11,18H2/t15-/m0/s1. The molecule has 1 aromatic heterocycles. The highest BCUT2D eigenvalue weighted by Crippen LogP contribution is 2.22. The second-order valence-electron chi connectivity index (χ2n) is 4.39. The molecule has 0 aliphatic heterocycles. The lowest BCUT2D eigenvalue weighted by molar-refractivity contribution is 0.485. The zero-order chi connectivity index (χ0) is 13.7. The molecule has 2 aromatic rings. The van der Waals surface area contributed by atoms with Crippen molar-refractivity contribution >= 4 is 0 Å². The fraction of sp³-hybridized carbons (Fsp3) is 0.188. The molecule has 0 spiro atoms. The predicted molar refractivity (Wildman–Crippen MR) is 75.4 cm³/mol. The van der Waals surface area contributed by atoms with Gasteiger partial charge in [-0.05, 0) is 29.2 Å². The molecule has 2 N–H and O–H groups in total. The SMILES string of the molecule is C=CCc1cccnc1[C@@H](N)c1ccc(CF)cc1. The summed E-state index contributed by atoms with van der Waals surface area (Å²) in [5, 5.41) is 0. The summed E-state index contributed by atoms with van der Waals surface area (Å²) in [5.74, 6) is 0. The Hall–Kier alpha value is -2.00. The highest BCUT2D eigenvalue weighted by Gasteiger charge is 2.13. The zero-order valence-electron chi connectivity index (χ0n) is 10.7. The Morgan fingerprint density at radius 3 is 2.63 bits per heavy atom. The number of rotatable bonds is 5. The van der Waals surface area contributed by atoms with E-state index >= 15 is 0 Å². The Labute approximate surface area is 112 Å². The van der Waals surface area contributed by atoms with E-state index in [-0.39, 0.29) is 6.04 Å². The highest BCUT2D eigenvalue weighted by molar-refractivity contribution is 5.34. The summed E-state index contributed by atoms with van der Waals surface area (Å²) < 4.78 is 12.5. The lowest BCUT2D eigenvalue weighted by Gasteiger charge is -2.15. The van der Waals surface area contributed by atoms with Crippen LogP contribution in [0.5, 0.6) is 0 Å². The number of halogens is 1. The molecule has 0 unspecified atom stereocenters. The number of allylic oxidation sites excluding steroid dienone is 1. The van der Waals surface area contributed by atoms with Crippen LogP contribution in [-0.4, -0.2) is 4.98 Å². The molecule has 1 atom stereocenters. The van der Waals surface area contributed by atoms with Crippen molar-refractivity contribution in [2.75, 3.05) is 0 Å². The van der Waals surface area contributed by atoms with Crippen LogP contribution in [0.15, 0.2) is 55.3 Å². The predicted octanol–water partition coefficient (Wildman–Crippen LogP) is 3.33. The second-order valence-corrected chi connectivity index (χ2v) is 4.39. The van der Waals surface area contributed by atoms with Crippen LogP contribution < -0.4 is 5.73 Å². The quantitative estimate of drug-likeness (QED) is 0.833. The molecular weight excluding hydrogens is 239 g/mol. The first-order valence-electron chi connectivity index (χ1n) is 6.21. The number of hydrogen-bond acceptors (Lipinski definition) is 2. The van der Waals surface area contributed by atoms with E-state index in [0.29, 0.717) is 5.56 Å². The van der Waals surface area contributed by atoms with Gasteiger partial charge in [0.05, 0.1) is 11.7 Å². The smallest absolute Gasteiger partial charge is 0.115 e. The first kappa shape index (κ1) is 13.4. The summed E-state index contributed by atoms with van der Waals surface area (Å²) in [6.45, 7) is 3.28. The maximum Gasteiger partial charge on any atom is 0.115 e. The molecule has 0 aliphatic carbocycles. The van der Waals surface area contributed by atoms with Crippen LogP contribution >= 0.6 is 0 Å². The van der Waals surface area contributed by atoms with Crippen LogP contribution in [0.4, 0.5) is 4.39 Å². The highest BCUT2D eigenvalue weighted by atomic mass is 19.1. The molecule has 98 valence electrons. The number of aromatic nitrogens is 1. The van der Waals surface area contributed by atoms with Crippen molar-refractivity contribution in [1.29, 1.82) is 0 Å². The van der Waals surface area contributed by atoms with E-state index in [1.807, 2.05) is 30.3 Å². The molecule has 2 rings (SSSR count). The van der Waals surface area contributed by atoms with Crippen LogP contribution in [0.1, 0.15) is 28.4 Å². The molecular formula is C16H17FN2. The summed E-state index contributed by atoms with van der Waals surface area (Å²) >= 11 is 0. The fourth-order valence-electron chi connectivity index (χ4n) is 2.03. The van der Waals surface area contributed by atoms with E-state index < -0.39 is 6.67 Å². The van der Waals surface area contributed by atoms with Crippen LogP contribution in [0.2, 0.25) is 0 Å². The van der Waals surface area contributed by atoms with Crippen molar-refractivity contribution < 1.29 is 4.39 Å². The summed E-state index contributed by atoms with van der Waals surface area (Å²) in [4.78, 5) is 4.37. The minimum atomic E-state index is -0.458. The van der Waals surface area contributed by atoms with Gasteiger partial charge in [-0.2, -0.15) is 0 Å². The second kappa shape index (κ2) is 6.25. The Balaban J connectivity index is 2.32. The monoisotopic (exact) mass is 256 g/mol. The van der Waals surface area contributed by atoms with Gasteiger partial charge in [-0.1, -0.05) is 36.4 Å². The van der Waals surface area contributed by atoms with Gasteiger partial charge in [0.15, 0.2) is 0 Å². The van der Waals surface area contributed by atoms with Gasteiger partial charge < -0.3 is 5.73 Å². The summed E-state index contributed by atoms with van der Waals surface area (Å²) in [6.07, 6.45) is 4.30. The van der Waals surface area contributed by atoms with Gasteiger partial charge in [-0.25, -0.2) is 4.39 Å². The van der Waals surface area contributed by atoms with Crippen molar-refractivity contribution in [2.24, 2.45) is 5.73 Å². The van der Waals surface area contributed by atoms with Gasteiger partial charge in [-0.15, -0.1) is 6.58 Å². The van der Waals surface area contributed by atoms with E-state index in [9.17, 15) is 4.39 Å². The fourth-order valence-corrected chi connectivity index (χ4v) is 2.03. The normalized spacial score (nSPS) is 12.1. The molecule has 0 saturated heterocycles. The van der Waals surface area contributed by atoms with Gasteiger partial charge in [0.25, 0.3) is 0 Å². The molecule has 0 aliphatic rings. The van der Waals surface area contributed by atoms with Crippen molar-refractivity contribution in [3.63, 3.8) is 0 Å². The van der Waals surface area contributed by atoms with Gasteiger partial charge >= 0.3 is 0 Å². The minimum absolute atomic E-state index is 0.301. The van der Waals surface area contributed by atoms with E-state index in [0.717, 1.165) is 23.2 Å². The van der Waals surface area contributed by atoms with Gasteiger partial charge in [0.2, 0.25) is 0 Å². The molecule has 0 saturated carbocycles. The van der Waals surface area contributed by atoms with Crippen molar-refractivity contribution in [2.45, 2.75) is 19.1 Å². The van der Waals surface area contributed by atoms with Gasteiger partial charge in [0.1, 0.15) is 6.67 Å². The largest absolute Gasteiger partial charge is 0.319 e. The maximum atomic E-state index is 12.5. The lowest BCUT2D eigenvalue weighted by atomic mass is 9.98. The topological polar surface area (TPSA) is 38.9 Å². The number of nitrogens with two attached hydrogens (primary N) is 1. The van der Waals surface area contributed by atoms with E-state index in [2.05, 4.69) is 11.6 Å². The van der Waals surface area contributed by atoms with Crippen LogP contribution in [-0.2, 0) is 13.1 Å². The Kier molecular flexibility index (Phi) is 4.42. The first-order valence-corrected chi connectivity index (χ1v) is 6.21. The van der Waals surface area contributed by atoms with E-state index in [1.54, 1.807) is 18.3 Å². The summed E-state index contributed by atoms with van der Waals surface area (Å²) in [7, 11) is 0. The molecule has 3 heteroatoms. The molecule has 19 heavy (non-hydrogen) atoms. The minimum Gasteiger partial charge on any atom is -0.319 e. The molecule has 0 radical (unpaired) electrons. The third kappa shape index (κ3) is 3.06. The van der Waals surface area contributed by atoms with Gasteiger partial charge in [0, 0.05) is 6.20 Å². The molecule has 0 fully saturated rings. The third-order valence-corrected chi connectivity index (χ3v) is 3.08. The van der Waals surface area contributed by atoms with E-state index in [1.165, 1.54) is 0 Å². The Morgan fingerprint density at radius 2 is 2.00 bits per heavy atom. The van der Waals surface area contributed by atoms with Crippen molar-refractivity contribution in [3.05, 3.63) is 77.6 Å². The average molecular weight is 256 g/mol. The Bertz CT molecular complexity index is 549. The van der Waals surface area contributed by atoms with E-state index in [4.69, 9.17) is 5.73 Å². The number of nitrogens with zero attached hydrogens (tertiary/aromatic N) is 1. The molecule has 1 heterocycles. The van der Waals surface area contributed by atoms with Crippen LogP contribution in [0.3, 0.4) is 0 Å².